The molecular weight excluding hydrogens is 516 g/mol. The Labute approximate surface area is 228 Å². The van der Waals surface area contributed by atoms with E-state index in [0.29, 0.717) is 11.3 Å². The summed E-state index contributed by atoms with van der Waals surface area (Å²) in [6.07, 6.45) is 3.65. The van der Waals surface area contributed by atoms with E-state index in [0.717, 1.165) is 29.5 Å². The summed E-state index contributed by atoms with van der Waals surface area (Å²) in [6.45, 7) is 4.72. The molecule has 5 rings (SSSR count). The highest BCUT2D eigenvalue weighted by atomic mass is 32.2. The van der Waals surface area contributed by atoms with Crippen LogP contribution in [-0.2, 0) is 26.1 Å². The number of carbonyl (C=O) groups excluding carboxylic acids is 2. The van der Waals surface area contributed by atoms with E-state index in [2.05, 4.69) is 15.2 Å². The molecule has 1 aromatic heterocycles. The van der Waals surface area contributed by atoms with Crippen LogP contribution in [-0.4, -0.2) is 54.6 Å². The van der Waals surface area contributed by atoms with Gasteiger partial charge in [-0.05, 0) is 74.8 Å². The summed E-state index contributed by atoms with van der Waals surface area (Å²) in [5, 5.41) is 2.63. The first-order valence-corrected chi connectivity index (χ1v) is 14.3. The first kappa shape index (κ1) is 26.6. The lowest BCUT2D eigenvalue weighted by Gasteiger charge is -2.30. The van der Waals surface area contributed by atoms with Crippen LogP contribution in [0.5, 0.6) is 0 Å². The molecule has 0 aliphatic carbocycles. The number of aryl methyl sites for hydroxylation is 1. The van der Waals surface area contributed by atoms with E-state index < -0.39 is 21.9 Å². The maximum atomic E-state index is 13.4. The van der Waals surface area contributed by atoms with Crippen LogP contribution in [0.15, 0.2) is 77.3 Å². The summed E-state index contributed by atoms with van der Waals surface area (Å²) in [6, 6.07) is 18.4. The van der Waals surface area contributed by atoms with Crippen LogP contribution in [0.4, 0.5) is 5.82 Å². The highest BCUT2D eigenvalue weighted by Crippen LogP contribution is 2.37. The number of ether oxygens (including phenoxy) is 1. The quantitative estimate of drug-likeness (QED) is 0.462. The van der Waals surface area contributed by atoms with Crippen molar-refractivity contribution in [3.8, 4) is 0 Å². The first-order chi connectivity index (χ1) is 18.7. The summed E-state index contributed by atoms with van der Waals surface area (Å²) < 4.78 is 33.2. The lowest BCUT2D eigenvalue weighted by atomic mass is 10.1. The molecule has 0 spiro atoms. The highest BCUT2D eigenvalue weighted by Gasteiger charge is 2.39. The van der Waals surface area contributed by atoms with Crippen molar-refractivity contribution in [1.82, 2.24) is 14.2 Å². The Morgan fingerprint density at radius 2 is 1.67 bits per heavy atom. The fourth-order valence-corrected chi connectivity index (χ4v) is 6.22. The first-order valence-electron chi connectivity index (χ1n) is 12.8. The van der Waals surface area contributed by atoms with Gasteiger partial charge >= 0.3 is 5.97 Å². The lowest BCUT2D eigenvalue weighted by Crippen LogP contribution is -2.38. The minimum atomic E-state index is -4.07. The van der Waals surface area contributed by atoms with Crippen LogP contribution in [0.25, 0.3) is 5.76 Å². The molecule has 1 N–H and O–H groups in total. The van der Waals surface area contributed by atoms with Gasteiger partial charge in [-0.15, -0.1) is 0 Å². The van der Waals surface area contributed by atoms with Crippen molar-refractivity contribution < 1.29 is 22.7 Å². The molecule has 0 radical (unpaired) electrons. The number of sulfonamides is 1. The molecule has 0 bridgehead atoms. The number of benzene rings is 2. The fraction of sp³-hybridized carbons (Fsp3) is 0.276. The van der Waals surface area contributed by atoms with Crippen LogP contribution in [0.1, 0.15) is 46.4 Å². The summed E-state index contributed by atoms with van der Waals surface area (Å²) in [5.41, 5.74) is 1.87. The van der Waals surface area contributed by atoms with E-state index >= 15 is 0 Å². The van der Waals surface area contributed by atoms with Gasteiger partial charge in [0.25, 0.3) is 15.9 Å². The van der Waals surface area contributed by atoms with Crippen molar-refractivity contribution in [3.05, 3.63) is 94.8 Å². The Bertz CT molecular complexity index is 1540. The molecule has 1 fully saturated rings. The van der Waals surface area contributed by atoms with Crippen LogP contribution in [0.3, 0.4) is 0 Å². The second-order valence-electron chi connectivity index (χ2n) is 9.69. The zero-order valence-corrected chi connectivity index (χ0v) is 22.7. The number of nitrogens with one attached hydrogen (secondary N) is 1. The smallest absolute Gasteiger partial charge is 0.343 e. The molecule has 0 unspecified atom stereocenters. The second-order valence-corrected chi connectivity index (χ2v) is 11.6. The predicted molar refractivity (Wildman–Crippen MR) is 147 cm³/mol. The van der Waals surface area contributed by atoms with Gasteiger partial charge in [0.2, 0.25) is 0 Å². The van der Waals surface area contributed by atoms with Crippen molar-refractivity contribution in [2.24, 2.45) is 0 Å². The van der Waals surface area contributed by atoms with Gasteiger partial charge in [-0.3, -0.25) is 14.0 Å². The molecule has 0 saturated carbocycles. The number of likely N-dealkylation sites (tertiary alicyclic amines) is 1. The number of likely N-dealkylation sites (N-methyl/N-ethyl adjacent to an activating group) is 1. The number of anilines is 1. The highest BCUT2D eigenvalue weighted by molar-refractivity contribution is 7.89. The second kappa shape index (κ2) is 11.0. The van der Waals surface area contributed by atoms with Gasteiger partial charge < -0.3 is 10.1 Å². The number of hydrogen-bond donors (Lipinski definition) is 1. The molecule has 3 aromatic rings. The van der Waals surface area contributed by atoms with Crippen molar-refractivity contribution in [1.29, 1.82) is 0 Å². The molecule has 202 valence electrons. The third kappa shape index (κ3) is 5.57. The van der Waals surface area contributed by atoms with Crippen LogP contribution < -0.4 is 5.32 Å². The number of carbonyl (C=O) groups is 2. The summed E-state index contributed by atoms with van der Waals surface area (Å²) in [7, 11) is -2.81. The van der Waals surface area contributed by atoms with Crippen LogP contribution in [0.2, 0.25) is 0 Å². The van der Waals surface area contributed by atoms with Gasteiger partial charge in [-0.2, -0.15) is 0 Å². The predicted octanol–water partition coefficient (Wildman–Crippen LogP) is 4.17. The van der Waals surface area contributed by atoms with Gasteiger partial charge in [0.05, 0.1) is 10.5 Å². The molecule has 1 amide bonds. The average Bonchev–Trinajstić information content (AvgIpc) is 2.93. The number of aromatic nitrogens is 1. The Morgan fingerprint density at radius 1 is 0.949 bits per heavy atom. The van der Waals surface area contributed by atoms with Gasteiger partial charge in [-0.25, -0.2) is 18.2 Å². The Kier molecular flexibility index (Phi) is 7.49. The minimum absolute atomic E-state index is 0.0580. The monoisotopic (exact) mass is 546 g/mol. The molecule has 10 heteroatoms. The third-order valence-corrected chi connectivity index (χ3v) is 8.70. The van der Waals surface area contributed by atoms with Crippen molar-refractivity contribution in [3.63, 3.8) is 0 Å². The zero-order chi connectivity index (χ0) is 27.6. The summed E-state index contributed by atoms with van der Waals surface area (Å²) in [5.74, 6) is -1.37. The van der Waals surface area contributed by atoms with Gasteiger partial charge in [0.1, 0.15) is 5.82 Å². The molecule has 2 aromatic carbocycles. The van der Waals surface area contributed by atoms with E-state index in [9.17, 15) is 18.0 Å². The topological polar surface area (TPSA) is 109 Å². The minimum Gasteiger partial charge on any atom is -0.420 e. The molecule has 2 aliphatic rings. The number of nitrogens with zero attached hydrogens (tertiary/aromatic N) is 3. The maximum absolute atomic E-state index is 13.4. The number of rotatable bonds is 6. The molecular formula is C29H30N4O5S. The van der Waals surface area contributed by atoms with Crippen molar-refractivity contribution >= 4 is 33.5 Å². The number of amides is 1. The molecule has 3 heterocycles. The Morgan fingerprint density at radius 3 is 2.38 bits per heavy atom. The van der Waals surface area contributed by atoms with E-state index in [4.69, 9.17) is 4.74 Å². The number of esters is 1. The summed E-state index contributed by atoms with van der Waals surface area (Å²) >= 11 is 0. The molecule has 9 nitrogen and oxygen atoms in total. The number of fused-ring (bicyclic) bond motifs is 1. The standard InChI is InChI=1S/C29H30N4O5S/c1-20-9-8-12-25(30-20)31-28(34)26-27(23-10-4-5-11-24(23)39(36,37)32(26)2)38-29(35)22-15-13-21(14-16-22)19-33-17-6-3-7-18-33/h4-5,8-16H,3,6-7,17-19H2,1-2H3,(H,30,31,34). The zero-order valence-electron chi connectivity index (χ0n) is 21.9. The Balaban J connectivity index is 1.47. The van der Waals surface area contributed by atoms with E-state index in [-0.39, 0.29) is 27.7 Å². The fourth-order valence-electron chi connectivity index (χ4n) is 4.83. The third-order valence-electron chi connectivity index (χ3n) is 6.88. The molecule has 39 heavy (non-hydrogen) atoms. The van der Waals surface area contributed by atoms with Gasteiger partial charge in [-0.1, -0.05) is 36.8 Å². The average molecular weight is 547 g/mol. The number of pyridine rings is 1. The van der Waals surface area contributed by atoms with Crippen molar-refractivity contribution in [2.75, 3.05) is 25.5 Å². The Hall–Kier alpha value is -4.02. The molecule has 2 aliphatic heterocycles. The normalized spacial score (nSPS) is 16.9. The van der Waals surface area contributed by atoms with E-state index in [1.807, 2.05) is 12.1 Å². The van der Waals surface area contributed by atoms with Crippen molar-refractivity contribution in [2.45, 2.75) is 37.6 Å². The maximum Gasteiger partial charge on any atom is 0.343 e. The number of hydrogen-bond acceptors (Lipinski definition) is 7. The van der Waals surface area contributed by atoms with Crippen LogP contribution >= 0.6 is 0 Å². The summed E-state index contributed by atoms with van der Waals surface area (Å²) in [4.78, 5) is 33.3. The van der Waals surface area contributed by atoms with E-state index in [1.165, 1.54) is 38.4 Å². The largest absolute Gasteiger partial charge is 0.420 e. The van der Waals surface area contributed by atoms with Crippen LogP contribution in [0, 0.1) is 6.92 Å². The van der Waals surface area contributed by atoms with Gasteiger partial charge in [0, 0.05) is 24.8 Å². The lowest BCUT2D eigenvalue weighted by molar-refractivity contribution is -0.113. The van der Waals surface area contributed by atoms with Gasteiger partial charge in [0.15, 0.2) is 11.5 Å². The van der Waals surface area contributed by atoms with E-state index in [1.54, 1.807) is 49.4 Å². The number of piperidine rings is 1. The SMILES string of the molecule is Cc1cccc(NC(=O)C2=C(OC(=O)c3ccc(CN4CCCCC4)cc3)c3ccccc3S(=O)(=O)N2C)n1. The molecule has 1 saturated heterocycles. The molecule has 0 atom stereocenters.